The number of nitrogens with zero attached hydrogens (tertiary/aromatic N) is 1. The van der Waals surface area contributed by atoms with E-state index in [9.17, 15) is 0 Å². The van der Waals surface area contributed by atoms with Gasteiger partial charge in [0.2, 0.25) is 0 Å². The van der Waals surface area contributed by atoms with Gasteiger partial charge < -0.3 is 10.1 Å². The van der Waals surface area contributed by atoms with Gasteiger partial charge in [-0.15, -0.1) is 0 Å². The van der Waals surface area contributed by atoms with Crippen molar-refractivity contribution in [2.45, 2.75) is 0 Å². The summed E-state index contributed by atoms with van der Waals surface area (Å²) in [7, 11) is 1.57. The minimum Gasteiger partial charge on any atom is -0.495 e. The van der Waals surface area contributed by atoms with Crippen LogP contribution in [0.4, 0.5) is 11.4 Å². The second kappa shape index (κ2) is 5.44. The van der Waals surface area contributed by atoms with Gasteiger partial charge in [-0.25, -0.2) is 0 Å². The van der Waals surface area contributed by atoms with Crippen molar-refractivity contribution in [2.24, 2.45) is 0 Å². The summed E-state index contributed by atoms with van der Waals surface area (Å²) in [5.74, 6) is 0.609. The van der Waals surface area contributed by atoms with Crippen LogP contribution in [0.15, 0.2) is 42.5 Å². The highest BCUT2D eigenvalue weighted by molar-refractivity contribution is 6.32. The number of hydrogen-bond donors (Lipinski definition) is 1. The second-order valence-corrected chi connectivity index (χ2v) is 4.07. The zero-order valence-corrected chi connectivity index (χ0v) is 10.5. The molecule has 0 aliphatic carbocycles. The molecule has 90 valence electrons. The van der Waals surface area contributed by atoms with Crippen molar-refractivity contribution in [1.29, 1.82) is 5.26 Å². The smallest absolute Gasteiger partial charge is 0.139 e. The fourth-order valence-corrected chi connectivity index (χ4v) is 1.77. The Labute approximate surface area is 111 Å². The zero-order valence-electron chi connectivity index (χ0n) is 9.77. The van der Waals surface area contributed by atoms with Crippen LogP contribution in [0.2, 0.25) is 5.02 Å². The normalized spacial score (nSPS) is 9.61. The zero-order chi connectivity index (χ0) is 13.0. The molecule has 0 aromatic heterocycles. The highest BCUT2D eigenvalue weighted by atomic mass is 35.5. The standard InChI is InChI=1S/C14H11ClN2O/c1-18-14-8-12(5-6-13(14)15)17-11-4-2-3-10(7-11)9-16/h2-8,17H,1H3. The molecule has 0 bridgehead atoms. The third kappa shape index (κ3) is 2.73. The molecule has 0 amide bonds. The molecule has 2 aromatic rings. The molecule has 2 rings (SSSR count). The van der Waals surface area contributed by atoms with E-state index >= 15 is 0 Å². The molecule has 0 spiro atoms. The van der Waals surface area contributed by atoms with E-state index in [1.165, 1.54) is 0 Å². The highest BCUT2D eigenvalue weighted by Crippen LogP contribution is 2.29. The van der Waals surface area contributed by atoms with Gasteiger partial charge in [-0.1, -0.05) is 17.7 Å². The Bertz CT molecular complexity index is 605. The van der Waals surface area contributed by atoms with Crippen molar-refractivity contribution >= 4 is 23.0 Å². The number of rotatable bonds is 3. The van der Waals surface area contributed by atoms with Gasteiger partial charge in [0.15, 0.2) is 0 Å². The fourth-order valence-electron chi connectivity index (χ4n) is 1.57. The monoisotopic (exact) mass is 258 g/mol. The first-order valence-electron chi connectivity index (χ1n) is 5.33. The molecule has 18 heavy (non-hydrogen) atoms. The predicted octanol–water partition coefficient (Wildman–Crippen LogP) is 3.96. The highest BCUT2D eigenvalue weighted by Gasteiger charge is 2.02. The Morgan fingerprint density at radius 1 is 1.17 bits per heavy atom. The summed E-state index contributed by atoms with van der Waals surface area (Å²) >= 11 is 5.95. The maximum absolute atomic E-state index is 8.83. The molecule has 4 heteroatoms. The molecule has 0 aliphatic rings. The lowest BCUT2D eigenvalue weighted by Crippen LogP contribution is -1.92. The van der Waals surface area contributed by atoms with Crippen molar-refractivity contribution in [1.82, 2.24) is 0 Å². The topological polar surface area (TPSA) is 45.0 Å². The molecule has 0 saturated heterocycles. The van der Waals surface area contributed by atoms with Crippen LogP contribution in [0.25, 0.3) is 0 Å². The summed E-state index contributed by atoms with van der Waals surface area (Å²) in [5, 5.41) is 12.6. The van der Waals surface area contributed by atoms with Gasteiger partial charge in [-0.3, -0.25) is 0 Å². The molecule has 0 heterocycles. The van der Waals surface area contributed by atoms with Gasteiger partial charge in [0.05, 0.1) is 23.8 Å². The molecular weight excluding hydrogens is 248 g/mol. The van der Waals surface area contributed by atoms with Crippen LogP contribution < -0.4 is 10.1 Å². The van der Waals surface area contributed by atoms with E-state index in [1.54, 1.807) is 31.4 Å². The number of nitriles is 1. The van der Waals surface area contributed by atoms with Crippen LogP contribution in [-0.4, -0.2) is 7.11 Å². The number of anilines is 2. The minimum absolute atomic E-state index is 0.564. The number of benzene rings is 2. The van der Waals surface area contributed by atoms with E-state index < -0.39 is 0 Å². The van der Waals surface area contributed by atoms with E-state index in [0.29, 0.717) is 16.3 Å². The molecule has 0 atom stereocenters. The van der Waals surface area contributed by atoms with Gasteiger partial charge in [-0.05, 0) is 30.3 Å². The minimum atomic E-state index is 0.564. The molecule has 3 nitrogen and oxygen atoms in total. The Hall–Kier alpha value is -2.18. The van der Waals surface area contributed by atoms with E-state index in [2.05, 4.69) is 11.4 Å². The Morgan fingerprint density at radius 2 is 1.94 bits per heavy atom. The van der Waals surface area contributed by atoms with E-state index in [1.807, 2.05) is 18.2 Å². The average molecular weight is 259 g/mol. The number of ether oxygens (including phenoxy) is 1. The van der Waals surface area contributed by atoms with Crippen molar-refractivity contribution in [3.05, 3.63) is 53.1 Å². The van der Waals surface area contributed by atoms with Crippen LogP contribution in [0, 0.1) is 11.3 Å². The molecule has 0 fully saturated rings. The van der Waals surface area contributed by atoms with Gasteiger partial charge in [-0.2, -0.15) is 5.26 Å². The molecule has 1 N–H and O–H groups in total. The quantitative estimate of drug-likeness (QED) is 0.906. The van der Waals surface area contributed by atoms with Crippen LogP contribution >= 0.6 is 11.6 Å². The average Bonchev–Trinajstić information content (AvgIpc) is 2.41. The fraction of sp³-hybridized carbons (Fsp3) is 0.0714. The summed E-state index contributed by atoms with van der Waals surface area (Å²) < 4.78 is 5.14. The van der Waals surface area contributed by atoms with E-state index in [0.717, 1.165) is 11.4 Å². The SMILES string of the molecule is COc1cc(Nc2cccc(C#N)c2)ccc1Cl. The van der Waals surface area contributed by atoms with E-state index in [4.69, 9.17) is 21.6 Å². The third-order valence-electron chi connectivity index (χ3n) is 2.43. The first kappa shape index (κ1) is 12.3. The summed E-state index contributed by atoms with van der Waals surface area (Å²) in [6.07, 6.45) is 0. The Balaban J connectivity index is 2.26. The first-order chi connectivity index (χ1) is 8.72. The van der Waals surface area contributed by atoms with Gasteiger partial charge in [0.1, 0.15) is 5.75 Å². The molecule has 0 saturated carbocycles. The lowest BCUT2D eigenvalue weighted by Gasteiger charge is -2.09. The van der Waals surface area contributed by atoms with Gasteiger partial charge in [0.25, 0.3) is 0 Å². The van der Waals surface area contributed by atoms with Crippen LogP contribution in [0.1, 0.15) is 5.56 Å². The number of nitrogens with one attached hydrogen (secondary N) is 1. The maximum Gasteiger partial charge on any atom is 0.139 e. The van der Waals surface area contributed by atoms with Crippen LogP contribution in [0.5, 0.6) is 5.75 Å². The number of halogens is 1. The van der Waals surface area contributed by atoms with Crippen molar-refractivity contribution in [3.8, 4) is 11.8 Å². The van der Waals surface area contributed by atoms with Gasteiger partial charge >= 0.3 is 0 Å². The Morgan fingerprint density at radius 3 is 2.67 bits per heavy atom. The van der Waals surface area contributed by atoms with Crippen molar-refractivity contribution in [3.63, 3.8) is 0 Å². The second-order valence-electron chi connectivity index (χ2n) is 3.67. The molecular formula is C14H11ClN2O. The Kier molecular flexibility index (Phi) is 3.71. The van der Waals surface area contributed by atoms with Gasteiger partial charge in [0, 0.05) is 17.4 Å². The summed E-state index contributed by atoms with van der Waals surface area (Å²) in [6.45, 7) is 0. The molecule has 0 radical (unpaired) electrons. The number of hydrogen-bond acceptors (Lipinski definition) is 3. The maximum atomic E-state index is 8.83. The van der Waals surface area contributed by atoms with E-state index in [-0.39, 0.29) is 0 Å². The molecule has 0 unspecified atom stereocenters. The van der Waals surface area contributed by atoms with Crippen molar-refractivity contribution in [2.75, 3.05) is 12.4 Å². The molecule has 0 aliphatic heterocycles. The summed E-state index contributed by atoms with van der Waals surface area (Å²) in [4.78, 5) is 0. The lowest BCUT2D eigenvalue weighted by molar-refractivity contribution is 0.415. The first-order valence-corrected chi connectivity index (χ1v) is 5.71. The number of methoxy groups -OCH3 is 1. The van der Waals surface area contributed by atoms with Crippen LogP contribution in [-0.2, 0) is 0 Å². The largest absolute Gasteiger partial charge is 0.495 e. The van der Waals surface area contributed by atoms with Crippen LogP contribution in [0.3, 0.4) is 0 Å². The molecule has 2 aromatic carbocycles. The summed E-state index contributed by atoms with van der Waals surface area (Å²) in [5.41, 5.74) is 2.31. The summed E-state index contributed by atoms with van der Waals surface area (Å²) in [6, 6.07) is 14.8. The lowest BCUT2D eigenvalue weighted by atomic mass is 10.2. The predicted molar refractivity (Wildman–Crippen MR) is 72.4 cm³/mol. The van der Waals surface area contributed by atoms with Crippen molar-refractivity contribution < 1.29 is 4.74 Å². The third-order valence-corrected chi connectivity index (χ3v) is 2.74.